The molecule has 0 radical (unpaired) electrons. The molecular formula is C13H15FO4. The summed E-state index contributed by atoms with van der Waals surface area (Å²) in [7, 11) is 0. The summed E-state index contributed by atoms with van der Waals surface area (Å²) in [4.78, 5) is 10.9. The maximum Gasteiger partial charge on any atom is 0.342 e. The lowest BCUT2D eigenvalue weighted by Crippen LogP contribution is -2.32. The predicted octanol–water partition coefficient (Wildman–Crippen LogP) is 2.21. The minimum Gasteiger partial charge on any atom is -0.490 e. The fourth-order valence-electron chi connectivity index (χ4n) is 2.22. The molecule has 1 fully saturated rings. The Morgan fingerprint density at radius 2 is 2.06 bits per heavy atom. The van der Waals surface area contributed by atoms with Crippen LogP contribution < -0.4 is 4.74 Å². The second-order valence-electron chi connectivity index (χ2n) is 4.64. The van der Waals surface area contributed by atoms with E-state index in [1.54, 1.807) is 0 Å². The Bertz CT molecular complexity index is 452. The van der Waals surface area contributed by atoms with Crippen LogP contribution in [0.5, 0.6) is 5.75 Å². The first-order valence-corrected chi connectivity index (χ1v) is 5.89. The molecule has 2 N–H and O–H groups in total. The van der Waals surface area contributed by atoms with E-state index >= 15 is 0 Å². The van der Waals surface area contributed by atoms with Crippen molar-refractivity contribution >= 4 is 5.97 Å². The molecule has 0 bridgehead atoms. The highest BCUT2D eigenvalue weighted by atomic mass is 19.1. The van der Waals surface area contributed by atoms with Crippen LogP contribution in [0.15, 0.2) is 18.2 Å². The number of carboxylic acid groups (broad SMARTS) is 1. The second-order valence-corrected chi connectivity index (χ2v) is 4.64. The lowest BCUT2D eigenvalue weighted by molar-refractivity contribution is 0.000776. The van der Waals surface area contributed by atoms with E-state index in [4.69, 9.17) is 9.84 Å². The van der Waals surface area contributed by atoms with Crippen LogP contribution >= 0.6 is 0 Å². The van der Waals surface area contributed by atoms with Crippen LogP contribution in [0.25, 0.3) is 0 Å². The smallest absolute Gasteiger partial charge is 0.342 e. The average Bonchev–Trinajstić information content (AvgIpc) is 2.73. The van der Waals surface area contributed by atoms with Gasteiger partial charge in [0, 0.05) is 0 Å². The summed E-state index contributed by atoms with van der Waals surface area (Å²) in [6.45, 7) is -0.00324. The van der Waals surface area contributed by atoms with E-state index in [1.165, 1.54) is 12.1 Å². The molecule has 0 atom stereocenters. The molecule has 98 valence electrons. The molecule has 1 aromatic carbocycles. The molecule has 0 spiro atoms. The molecule has 1 saturated carbocycles. The molecule has 0 aromatic heterocycles. The summed E-state index contributed by atoms with van der Waals surface area (Å²) in [5.74, 6) is -2.25. The number of rotatable bonds is 4. The molecule has 18 heavy (non-hydrogen) atoms. The van der Waals surface area contributed by atoms with Crippen molar-refractivity contribution in [1.82, 2.24) is 0 Å². The van der Waals surface area contributed by atoms with E-state index in [0.717, 1.165) is 18.9 Å². The first-order chi connectivity index (χ1) is 8.52. The monoisotopic (exact) mass is 254 g/mol. The molecule has 1 aliphatic carbocycles. The van der Waals surface area contributed by atoms with Crippen molar-refractivity contribution in [2.24, 2.45) is 0 Å². The van der Waals surface area contributed by atoms with Crippen LogP contribution in [0.3, 0.4) is 0 Å². The Morgan fingerprint density at radius 1 is 1.39 bits per heavy atom. The fourth-order valence-corrected chi connectivity index (χ4v) is 2.22. The van der Waals surface area contributed by atoms with Crippen molar-refractivity contribution in [2.45, 2.75) is 31.3 Å². The molecule has 4 nitrogen and oxygen atoms in total. The summed E-state index contributed by atoms with van der Waals surface area (Å²) in [6, 6.07) is 3.85. The first kappa shape index (κ1) is 12.8. The third-order valence-corrected chi connectivity index (χ3v) is 3.22. The molecule has 0 unspecified atom stereocenters. The molecule has 0 saturated heterocycles. The maximum absolute atomic E-state index is 13.4. The highest BCUT2D eigenvalue weighted by molar-refractivity contribution is 5.91. The molecule has 2 rings (SSSR count). The van der Waals surface area contributed by atoms with Crippen LogP contribution in [0.2, 0.25) is 0 Å². The third-order valence-electron chi connectivity index (χ3n) is 3.22. The summed E-state index contributed by atoms with van der Waals surface area (Å²) in [5.41, 5.74) is -1.40. The molecular weight excluding hydrogens is 239 g/mol. The van der Waals surface area contributed by atoms with Crippen molar-refractivity contribution in [1.29, 1.82) is 0 Å². The number of hydrogen-bond donors (Lipinski definition) is 2. The normalized spacial score (nSPS) is 17.7. The van der Waals surface area contributed by atoms with Crippen molar-refractivity contribution in [3.05, 3.63) is 29.6 Å². The van der Waals surface area contributed by atoms with Crippen LogP contribution in [-0.4, -0.2) is 28.4 Å². The minimum absolute atomic E-state index is 0.00324. The van der Waals surface area contributed by atoms with Gasteiger partial charge >= 0.3 is 5.97 Å². The summed E-state index contributed by atoms with van der Waals surface area (Å²) < 4.78 is 18.7. The molecule has 1 aliphatic rings. The van der Waals surface area contributed by atoms with Crippen LogP contribution in [0.1, 0.15) is 36.0 Å². The quantitative estimate of drug-likeness (QED) is 0.864. The number of carbonyl (C=O) groups is 1. The highest BCUT2D eigenvalue weighted by Crippen LogP contribution is 2.31. The van der Waals surface area contributed by atoms with Gasteiger partial charge < -0.3 is 14.9 Å². The van der Waals surface area contributed by atoms with Crippen LogP contribution in [0.4, 0.5) is 4.39 Å². The van der Waals surface area contributed by atoms with Gasteiger partial charge in [-0.1, -0.05) is 18.9 Å². The van der Waals surface area contributed by atoms with Gasteiger partial charge in [-0.3, -0.25) is 0 Å². The first-order valence-electron chi connectivity index (χ1n) is 5.89. The van der Waals surface area contributed by atoms with Gasteiger partial charge in [-0.15, -0.1) is 0 Å². The molecule has 0 aliphatic heterocycles. The maximum atomic E-state index is 13.4. The zero-order valence-corrected chi connectivity index (χ0v) is 9.86. The SMILES string of the molecule is O=C(O)c1c(F)cccc1OCC1(O)CCCC1. The van der Waals surface area contributed by atoms with Gasteiger partial charge in [-0.2, -0.15) is 0 Å². The number of benzene rings is 1. The van der Waals surface area contributed by atoms with Crippen molar-refractivity contribution in [3.63, 3.8) is 0 Å². The number of halogens is 1. The minimum atomic E-state index is -1.37. The number of carboxylic acids is 1. The van der Waals surface area contributed by atoms with E-state index in [9.17, 15) is 14.3 Å². The van der Waals surface area contributed by atoms with Gasteiger partial charge in [0.15, 0.2) is 0 Å². The predicted molar refractivity (Wildman–Crippen MR) is 62.3 cm³/mol. The molecule has 1 aromatic rings. The van der Waals surface area contributed by atoms with Crippen LogP contribution in [0, 0.1) is 5.82 Å². The highest BCUT2D eigenvalue weighted by Gasteiger charge is 2.32. The largest absolute Gasteiger partial charge is 0.490 e. The van der Waals surface area contributed by atoms with Gasteiger partial charge in [-0.25, -0.2) is 9.18 Å². The van der Waals surface area contributed by atoms with Crippen molar-refractivity contribution < 1.29 is 24.1 Å². The zero-order chi connectivity index (χ0) is 13.2. The van der Waals surface area contributed by atoms with Gasteiger partial charge in [0.05, 0.1) is 5.60 Å². The molecule has 5 heteroatoms. The van der Waals surface area contributed by atoms with Crippen molar-refractivity contribution in [3.8, 4) is 5.75 Å². The summed E-state index contributed by atoms with van der Waals surface area (Å²) >= 11 is 0. The zero-order valence-electron chi connectivity index (χ0n) is 9.86. The Kier molecular flexibility index (Phi) is 3.52. The number of hydrogen-bond acceptors (Lipinski definition) is 3. The lowest BCUT2D eigenvalue weighted by Gasteiger charge is -2.22. The average molecular weight is 254 g/mol. The fraction of sp³-hybridized carbons (Fsp3) is 0.462. The second kappa shape index (κ2) is 4.94. The number of aliphatic hydroxyl groups is 1. The third kappa shape index (κ3) is 2.61. The van der Waals surface area contributed by atoms with E-state index in [0.29, 0.717) is 12.8 Å². The van der Waals surface area contributed by atoms with Crippen LogP contribution in [-0.2, 0) is 0 Å². The van der Waals surface area contributed by atoms with Gasteiger partial charge in [-0.05, 0) is 25.0 Å². The number of ether oxygens (including phenoxy) is 1. The lowest BCUT2D eigenvalue weighted by atomic mass is 10.0. The summed E-state index contributed by atoms with van der Waals surface area (Å²) in [6.07, 6.45) is 3.11. The van der Waals surface area contributed by atoms with E-state index in [2.05, 4.69) is 0 Å². The Hall–Kier alpha value is -1.62. The summed E-state index contributed by atoms with van der Waals surface area (Å²) in [5, 5.41) is 19.0. The molecule has 0 amide bonds. The molecule has 0 heterocycles. The topological polar surface area (TPSA) is 66.8 Å². The standard InChI is InChI=1S/C13H15FO4/c14-9-4-3-5-10(11(9)12(15)16)18-8-13(17)6-1-2-7-13/h3-5,17H,1-2,6-8H2,(H,15,16). The van der Waals surface area contributed by atoms with Gasteiger partial charge in [0.1, 0.15) is 23.7 Å². The Morgan fingerprint density at radius 3 is 2.67 bits per heavy atom. The van der Waals surface area contributed by atoms with E-state index < -0.39 is 23.0 Å². The van der Waals surface area contributed by atoms with Crippen molar-refractivity contribution in [2.75, 3.05) is 6.61 Å². The van der Waals surface area contributed by atoms with E-state index in [1.807, 2.05) is 0 Å². The Balaban J connectivity index is 2.14. The van der Waals surface area contributed by atoms with Gasteiger partial charge in [0.25, 0.3) is 0 Å². The number of aromatic carboxylic acids is 1. The van der Waals surface area contributed by atoms with E-state index in [-0.39, 0.29) is 12.4 Å². The Labute approximate surface area is 104 Å². The van der Waals surface area contributed by atoms with Gasteiger partial charge in [0.2, 0.25) is 0 Å².